The highest BCUT2D eigenvalue weighted by Crippen LogP contribution is 2.25. The third-order valence-electron chi connectivity index (χ3n) is 2.97. The van der Waals surface area contributed by atoms with Gasteiger partial charge in [0.25, 0.3) is 0 Å². The van der Waals surface area contributed by atoms with Crippen LogP contribution in [0.2, 0.25) is 10.0 Å². The van der Waals surface area contributed by atoms with Crippen LogP contribution in [0, 0.1) is 0 Å². The summed E-state index contributed by atoms with van der Waals surface area (Å²) in [4.78, 5) is 8.71. The van der Waals surface area contributed by atoms with Crippen LogP contribution >= 0.6 is 23.2 Å². The number of ether oxygens (including phenoxy) is 1. The number of nitrogens with zero attached hydrogens (tertiary/aromatic N) is 2. The zero-order valence-electron chi connectivity index (χ0n) is 11.8. The largest absolute Gasteiger partial charge is 0.383 e. The van der Waals surface area contributed by atoms with Gasteiger partial charge >= 0.3 is 0 Å². The van der Waals surface area contributed by atoms with Crippen LogP contribution in [0.4, 0.5) is 0 Å². The van der Waals surface area contributed by atoms with Crippen molar-refractivity contribution in [3.8, 4) is 0 Å². The number of methoxy groups -OCH3 is 1. The topological polar surface area (TPSA) is 47.0 Å². The van der Waals surface area contributed by atoms with Crippen molar-refractivity contribution >= 4 is 23.2 Å². The van der Waals surface area contributed by atoms with E-state index in [9.17, 15) is 0 Å². The lowest BCUT2D eigenvalue weighted by atomic mass is 10.1. The molecule has 1 aromatic carbocycles. The molecule has 0 radical (unpaired) electrons. The van der Waals surface area contributed by atoms with E-state index in [0.29, 0.717) is 28.9 Å². The summed E-state index contributed by atoms with van der Waals surface area (Å²) in [5.41, 5.74) is 1.88. The average molecular weight is 326 g/mol. The standard InChI is InChI=1S/C15H17Cl2N3O/c1-21-6-5-18-8-11-9-19-15(20-10-11)7-12-13(16)3-2-4-14(12)17/h2-4,9-10,18H,5-8H2,1H3. The van der Waals surface area contributed by atoms with E-state index in [4.69, 9.17) is 27.9 Å². The third-order valence-corrected chi connectivity index (χ3v) is 3.68. The first-order valence-corrected chi connectivity index (χ1v) is 7.38. The molecule has 0 saturated carbocycles. The maximum absolute atomic E-state index is 6.15. The van der Waals surface area contributed by atoms with Gasteiger partial charge in [-0.3, -0.25) is 0 Å². The number of halogens is 2. The zero-order valence-corrected chi connectivity index (χ0v) is 13.3. The number of hydrogen-bond acceptors (Lipinski definition) is 4. The Balaban J connectivity index is 1.96. The van der Waals surface area contributed by atoms with Crippen LogP contribution < -0.4 is 5.32 Å². The van der Waals surface area contributed by atoms with Crippen LogP contribution in [0.5, 0.6) is 0 Å². The second-order valence-electron chi connectivity index (χ2n) is 4.55. The van der Waals surface area contributed by atoms with Crippen molar-refractivity contribution in [3.63, 3.8) is 0 Å². The molecule has 4 nitrogen and oxygen atoms in total. The molecule has 1 N–H and O–H groups in total. The first-order chi connectivity index (χ1) is 10.2. The fourth-order valence-electron chi connectivity index (χ4n) is 1.83. The lowest BCUT2D eigenvalue weighted by molar-refractivity contribution is 0.199. The minimum absolute atomic E-state index is 0.524. The molecule has 6 heteroatoms. The van der Waals surface area contributed by atoms with Crippen molar-refractivity contribution in [1.29, 1.82) is 0 Å². The monoisotopic (exact) mass is 325 g/mol. The van der Waals surface area contributed by atoms with Crippen LogP contribution in [-0.4, -0.2) is 30.2 Å². The summed E-state index contributed by atoms with van der Waals surface area (Å²) in [5.74, 6) is 0.700. The van der Waals surface area contributed by atoms with E-state index in [0.717, 1.165) is 24.2 Å². The van der Waals surface area contributed by atoms with E-state index in [2.05, 4.69) is 15.3 Å². The molecule has 0 bridgehead atoms. The summed E-state index contributed by atoms with van der Waals surface area (Å²) in [6, 6.07) is 5.46. The molecule has 0 aliphatic heterocycles. The molecule has 1 aromatic heterocycles. The molecule has 0 spiro atoms. The van der Waals surface area contributed by atoms with Gasteiger partial charge in [0.2, 0.25) is 0 Å². The van der Waals surface area contributed by atoms with E-state index >= 15 is 0 Å². The molecule has 2 rings (SSSR count). The molecule has 0 aliphatic carbocycles. The Morgan fingerprint density at radius 1 is 1.14 bits per heavy atom. The molecule has 0 saturated heterocycles. The van der Waals surface area contributed by atoms with Gasteiger partial charge < -0.3 is 10.1 Å². The third kappa shape index (κ3) is 4.93. The molecule has 0 amide bonds. The minimum Gasteiger partial charge on any atom is -0.383 e. The summed E-state index contributed by atoms with van der Waals surface area (Å²) in [6.07, 6.45) is 4.15. The molecule has 21 heavy (non-hydrogen) atoms. The zero-order chi connectivity index (χ0) is 15.1. The molecule has 0 fully saturated rings. The molecule has 0 atom stereocenters. The van der Waals surface area contributed by atoms with Crippen molar-refractivity contribution in [2.24, 2.45) is 0 Å². The molecule has 0 aliphatic rings. The maximum Gasteiger partial charge on any atom is 0.132 e. The molecule has 1 heterocycles. The first kappa shape index (κ1) is 16.2. The van der Waals surface area contributed by atoms with Crippen LogP contribution in [0.25, 0.3) is 0 Å². The summed E-state index contributed by atoms with van der Waals surface area (Å²) in [7, 11) is 1.68. The fraction of sp³-hybridized carbons (Fsp3) is 0.333. The van der Waals surface area contributed by atoms with E-state index < -0.39 is 0 Å². The van der Waals surface area contributed by atoms with Crippen molar-refractivity contribution in [2.45, 2.75) is 13.0 Å². The van der Waals surface area contributed by atoms with E-state index in [1.54, 1.807) is 7.11 Å². The van der Waals surface area contributed by atoms with E-state index in [-0.39, 0.29) is 0 Å². The Kier molecular flexibility index (Phi) is 6.39. The summed E-state index contributed by atoms with van der Waals surface area (Å²) in [5, 5.41) is 4.51. The predicted octanol–water partition coefficient (Wildman–Crippen LogP) is 3.11. The number of nitrogens with one attached hydrogen (secondary N) is 1. The van der Waals surface area contributed by atoms with Gasteiger partial charge in [-0.15, -0.1) is 0 Å². The number of aromatic nitrogens is 2. The summed E-state index contributed by atoms with van der Waals surface area (Å²) >= 11 is 12.3. The van der Waals surface area contributed by atoms with Crippen molar-refractivity contribution < 1.29 is 4.74 Å². The SMILES string of the molecule is COCCNCc1cnc(Cc2c(Cl)cccc2Cl)nc1. The van der Waals surface area contributed by atoms with Crippen LogP contribution in [-0.2, 0) is 17.7 Å². The van der Waals surface area contributed by atoms with Gasteiger partial charge in [0.05, 0.1) is 6.61 Å². The minimum atomic E-state index is 0.524. The van der Waals surface area contributed by atoms with Gasteiger partial charge in [0, 0.05) is 54.6 Å². The Labute approximate surface area is 134 Å². The van der Waals surface area contributed by atoms with Crippen molar-refractivity contribution in [1.82, 2.24) is 15.3 Å². The Morgan fingerprint density at radius 2 is 1.81 bits per heavy atom. The van der Waals surface area contributed by atoms with Crippen LogP contribution in [0.3, 0.4) is 0 Å². The van der Waals surface area contributed by atoms with Gasteiger partial charge in [0.15, 0.2) is 0 Å². The smallest absolute Gasteiger partial charge is 0.132 e. The van der Waals surface area contributed by atoms with E-state index in [1.807, 2.05) is 30.6 Å². The highest BCUT2D eigenvalue weighted by molar-refractivity contribution is 6.36. The highest BCUT2D eigenvalue weighted by Gasteiger charge is 2.08. The number of hydrogen-bond donors (Lipinski definition) is 1. The molecular formula is C15H17Cl2N3O. The molecule has 112 valence electrons. The summed E-state index contributed by atoms with van der Waals surface area (Å²) < 4.78 is 4.97. The normalized spacial score (nSPS) is 10.8. The second-order valence-corrected chi connectivity index (χ2v) is 5.37. The lowest BCUT2D eigenvalue weighted by Gasteiger charge is -2.07. The highest BCUT2D eigenvalue weighted by atomic mass is 35.5. The predicted molar refractivity (Wildman–Crippen MR) is 84.9 cm³/mol. The maximum atomic E-state index is 6.15. The van der Waals surface area contributed by atoms with Crippen LogP contribution in [0.15, 0.2) is 30.6 Å². The quantitative estimate of drug-likeness (QED) is 0.794. The van der Waals surface area contributed by atoms with Gasteiger partial charge in [-0.25, -0.2) is 9.97 Å². The fourth-order valence-corrected chi connectivity index (χ4v) is 2.36. The second kappa shape index (κ2) is 8.29. The van der Waals surface area contributed by atoms with Crippen LogP contribution in [0.1, 0.15) is 17.0 Å². The molecule has 0 unspecified atom stereocenters. The molecule has 2 aromatic rings. The van der Waals surface area contributed by atoms with Crippen molar-refractivity contribution in [3.05, 3.63) is 57.6 Å². The lowest BCUT2D eigenvalue weighted by Crippen LogP contribution is -2.18. The average Bonchev–Trinajstić information content (AvgIpc) is 2.49. The van der Waals surface area contributed by atoms with Crippen molar-refractivity contribution in [2.75, 3.05) is 20.3 Å². The Bertz CT molecular complexity index is 555. The van der Waals surface area contributed by atoms with Gasteiger partial charge in [0.1, 0.15) is 5.82 Å². The van der Waals surface area contributed by atoms with Gasteiger partial charge in [-0.05, 0) is 17.7 Å². The summed E-state index contributed by atoms with van der Waals surface area (Å²) in [6.45, 7) is 2.20. The Hall–Kier alpha value is -1.20. The van der Waals surface area contributed by atoms with Gasteiger partial charge in [-0.1, -0.05) is 29.3 Å². The molecular weight excluding hydrogens is 309 g/mol. The Morgan fingerprint density at radius 3 is 2.43 bits per heavy atom. The van der Waals surface area contributed by atoms with E-state index in [1.165, 1.54) is 0 Å². The number of rotatable bonds is 7. The van der Waals surface area contributed by atoms with Gasteiger partial charge in [-0.2, -0.15) is 0 Å². The first-order valence-electron chi connectivity index (χ1n) is 6.63. The number of benzene rings is 1.